The Hall–Kier alpha value is -1.10. The minimum Gasteiger partial charge on any atom is -0.323 e. The Bertz CT molecular complexity index is 260. The Morgan fingerprint density at radius 2 is 2.23 bits per heavy atom. The van der Waals surface area contributed by atoms with E-state index in [9.17, 15) is 9.59 Å². The minimum absolute atomic E-state index is 0.0484. The van der Waals surface area contributed by atoms with Gasteiger partial charge in [0.15, 0.2) is 0 Å². The van der Waals surface area contributed by atoms with E-state index >= 15 is 0 Å². The zero-order valence-corrected chi connectivity index (χ0v) is 7.59. The van der Waals surface area contributed by atoms with Crippen molar-refractivity contribution in [2.75, 3.05) is 20.1 Å². The molecule has 5 nitrogen and oxygen atoms in total. The minimum atomic E-state index is -0.495. The van der Waals surface area contributed by atoms with Gasteiger partial charge >= 0.3 is 6.03 Å². The summed E-state index contributed by atoms with van der Waals surface area (Å²) in [4.78, 5) is 24.2. The molecule has 5 heteroatoms. The van der Waals surface area contributed by atoms with Crippen molar-refractivity contribution >= 4 is 11.9 Å². The molecular weight excluding hydrogens is 170 g/mol. The van der Waals surface area contributed by atoms with Gasteiger partial charge in [0.25, 0.3) is 5.91 Å². The number of rotatable bonds is 3. The van der Waals surface area contributed by atoms with Gasteiger partial charge in [0.05, 0.1) is 0 Å². The van der Waals surface area contributed by atoms with Crippen molar-refractivity contribution in [3.63, 3.8) is 0 Å². The number of hydrogen-bond donors (Lipinski definition) is 2. The smallest absolute Gasteiger partial charge is 0.323 e. The maximum Gasteiger partial charge on any atom is 0.325 e. The molecule has 2 aliphatic rings. The van der Waals surface area contributed by atoms with Crippen LogP contribution in [0.2, 0.25) is 0 Å². The zero-order chi connectivity index (χ0) is 9.47. The van der Waals surface area contributed by atoms with E-state index in [1.165, 1.54) is 4.90 Å². The molecule has 0 aromatic carbocycles. The molecule has 1 spiro atoms. The lowest BCUT2D eigenvalue weighted by molar-refractivity contribution is -0.128. The normalized spacial score (nSPS) is 23.9. The van der Waals surface area contributed by atoms with Crippen LogP contribution in [0.1, 0.15) is 12.8 Å². The van der Waals surface area contributed by atoms with Crippen LogP contribution in [0.3, 0.4) is 0 Å². The molecule has 0 radical (unpaired) electrons. The van der Waals surface area contributed by atoms with Crippen molar-refractivity contribution in [2.24, 2.45) is 0 Å². The van der Waals surface area contributed by atoms with Crippen molar-refractivity contribution in [1.29, 1.82) is 0 Å². The van der Waals surface area contributed by atoms with Crippen molar-refractivity contribution < 1.29 is 9.59 Å². The number of amides is 3. The van der Waals surface area contributed by atoms with E-state index < -0.39 is 5.54 Å². The maximum absolute atomic E-state index is 11.6. The van der Waals surface area contributed by atoms with Gasteiger partial charge in [-0.3, -0.25) is 9.69 Å². The predicted molar refractivity (Wildman–Crippen MR) is 46.1 cm³/mol. The molecule has 1 saturated carbocycles. The van der Waals surface area contributed by atoms with Gasteiger partial charge in [-0.1, -0.05) is 0 Å². The van der Waals surface area contributed by atoms with Crippen LogP contribution >= 0.6 is 0 Å². The first-order valence-electron chi connectivity index (χ1n) is 4.48. The van der Waals surface area contributed by atoms with Crippen LogP contribution < -0.4 is 10.6 Å². The molecule has 72 valence electrons. The van der Waals surface area contributed by atoms with Gasteiger partial charge < -0.3 is 10.6 Å². The molecule has 13 heavy (non-hydrogen) atoms. The Kier molecular flexibility index (Phi) is 1.76. The zero-order valence-electron chi connectivity index (χ0n) is 7.59. The average molecular weight is 183 g/mol. The standard InChI is InChI=1S/C8H13N3O2/c1-9-4-5-11-6(12)8(2-3-8)10-7(11)13/h9H,2-5H2,1H3,(H,10,13). The summed E-state index contributed by atoms with van der Waals surface area (Å²) in [5.74, 6) is -0.0484. The maximum atomic E-state index is 11.6. The SMILES string of the molecule is CNCCN1C(=O)NC2(CC2)C1=O. The summed E-state index contributed by atoms with van der Waals surface area (Å²) in [6, 6.07) is -0.238. The third-order valence-electron chi connectivity index (χ3n) is 2.58. The average Bonchev–Trinajstić information content (AvgIpc) is 2.81. The number of imide groups is 1. The number of carbonyl (C=O) groups excluding carboxylic acids is 2. The fourth-order valence-electron chi connectivity index (χ4n) is 1.57. The van der Waals surface area contributed by atoms with Gasteiger partial charge in [0.1, 0.15) is 5.54 Å². The van der Waals surface area contributed by atoms with Crippen LogP contribution in [-0.4, -0.2) is 42.5 Å². The van der Waals surface area contributed by atoms with Gasteiger partial charge in [-0.2, -0.15) is 0 Å². The molecule has 3 amide bonds. The van der Waals surface area contributed by atoms with Crippen molar-refractivity contribution in [1.82, 2.24) is 15.5 Å². The molecule has 1 saturated heterocycles. The Balaban J connectivity index is 2.03. The quantitative estimate of drug-likeness (QED) is 0.568. The first kappa shape index (κ1) is 8.50. The van der Waals surface area contributed by atoms with Crippen molar-refractivity contribution in [3.8, 4) is 0 Å². The number of carbonyl (C=O) groups is 2. The molecule has 2 fully saturated rings. The lowest BCUT2D eigenvalue weighted by atomic mass is 10.3. The number of urea groups is 1. The molecule has 0 atom stereocenters. The summed E-state index contributed by atoms with van der Waals surface area (Å²) in [7, 11) is 1.80. The van der Waals surface area contributed by atoms with E-state index in [1.54, 1.807) is 7.05 Å². The second kappa shape index (κ2) is 2.70. The van der Waals surface area contributed by atoms with Crippen LogP contribution in [0.15, 0.2) is 0 Å². The number of nitrogens with zero attached hydrogens (tertiary/aromatic N) is 1. The molecule has 1 aliphatic heterocycles. The number of hydrogen-bond acceptors (Lipinski definition) is 3. The summed E-state index contributed by atoms with van der Waals surface area (Å²) in [5.41, 5.74) is -0.495. The highest BCUT2D eigenvalue weighted by Gasteiger charge is 2.59. The first-order chi connectivity index (χ1) is 6.19. The topological polar surface area (TPSA) is 61.4 Å². The number of likely N-dealkylation sites (N-methyl/N-ethyl adjacent to an activating group) is 1. The highest BCUT2D eigenvalue weighted by Crippen LogP contribution is 2.40. The number of nitrogens with one attached hydrogen (secondary N) is 2. The van der Waals surface area contributed by atoms with Crippen molar-refractivity contribution in [2.45, 2.75) is 18.4 Å². The second-order valence-electron chi connectivity index (χ2n) is 3.57. The van der Waals surface area contributed by atoms with Crippen LogP contribution in [0.4, 0.5) is 4.79 Å². The lowest BCUT2D eigenvalue weighted by Gasteiger charge is -2.11. The fraction of sp³-hybridized carbons (Fsp3) is 0.750. The molecule has 0 bridgehead atoms. The molecule has 2 rings (SSSR count). The summed E-state index contributed by atoms with van der Waals surface area (Å²) >= 11 is 0. The summed E-state index contributed by atoms with van der Waals surface area (Å²) in [6.07, 6.45) is 1.60. The molecule has 1 heterocycles. The summed E-state index contributed by atoms with van der Waals surface area (Å²) < 4.78 is 0. The highest BCUT2D eigenvalue weighted by atomic mass is 16.2. The van der Waals surface area contributed by atoms with Crippen LogP contribution in [0.5, 0.6) is 0 Å². The van der Waals surface area contributed by atoms with E-state index in [0.29, 0.717) is 13.1 Å². The molecule has 1 aliphatic carbocycles. The first-order valence-corrected chi connectivity index (χ1v) is 4.48. The Morgan fingerprint density at radius 3 is 2.69 bits per heavy atom. The van der Waals surface area contributed by atoms with E-state index in [1.807, 2.05) is 0 Å². The Labute approximate surface area is 76.5 Å². The predicted octanol–water partition coefficient (Wildman–Crippen LogP) is -0.710. The third kappa shape index (κ3) is 1.19. The van der Waals surface area contributed by atoms with Gasteiger partial charge in [-0.25, -0.2) is 4.79 Å². The third-order valence-corrected chi connectivity index (χ3v) is 2.58. The van der Waals surface area contributed by atoms with E-state index in [0.717, 1.165) is 12.8 Å². The van der Waals surface area contributed by atoms with Gasteiger partial charge in [0.2, 0.25) is 0 Å². The van der Waals surface area contributed by atoms with Crippen LogP contribution in [0.25, 0.3) is 0 Å². The molecule has 0 unspecified atom stereocenters. The van der Waals surface area contributed by atoms with Crippen LogP contribution in [0, 0.1) is 0 Å². The Morgan fingerprint density at radius 1 is 1.54 bits per heavy atom. The van der Waals surface area contributed by atoms with Gasteiger partial charge in [-0.15, -0.1) is 0 Å². The van der Waals surface area contributed by atoms with Crippen molar-refractivity contribution in [3.05, 3.63) is 0 Å². The highest BCUT2D eigenvalue weighted by molar-refractivity contribution is 6.08. The lowest BCUT2D eigenvalue weighted by Crippen LogP contribution is -2.36. The molecule has 0 aromatic rings. The fourth-order valence-corrected chi connectivity index (χ4v) is 1.57. The van der Waals surface area contributed by atoms with E-state index in [-0.39, 0.29) is 11.9 Å². The largest absolute Gasteiger partial charge is 0.325 e. The van der Waals surface area contributed by atoms with Gasteiger partial charge in [-0.05, 0) is 19.9 Å². The second-order valence-corrected chi connectivity index (χ2v) is 3.57. The molecule has 0 aromatic heterocycles. The van der Waals surface area contributed by atoms with E-state index in [2.05, 4.69) is 10.6 Å². The van der Waals surface area contributed by atoms with Gasteiger partial charge in [0, 0.05) is 13.1 Å². The van der Waals surface area contributed by atoms with E-state index in [4.69, 9.17) is 0 Å². The summed E-state index contributed by atoms with van der Waals surface area (Å²) in [6.45, 7) is 1.11. The molecule has 2 N–H and O–H groups in total. The monoisotopic (exact) mass is 183 g/mol. The molecular formula is C8H13N3O2. The summed E-state index contributed by atoms with van der Waals surface area (Å²) in [5, 5.41) is 5.63. The van der Waals surface area contributed by atoms with Crippen LogP contribution in [-0.2, 0) is 4.79 Å².